The van der Waals surface area contributed by atoms with Crippen molar-refractivity contribution in [2.45, 2.75) is 20.3 Å². The highest BCUT2D eigenvalue weighted by atomic mass is 35.5. The smallest absolute Gasteiger partial charge is 0.134 e. The fourth-order valence-electron chi connectivity index (χ4n) is 1.21. The maximum absolute atomic E-state index is 5.59. The molecule has 0 saturated carbocycles. The second kappa shape index (κ2) is 6.37. The summed E-state index contributed by atoms with van der Waals surface area (Å²) in [5, 5.41) is 0. The Morgan fingerprint density at radius 1 is 1.40 bits per heavy atom. The summed E-state index contributed by atoms with van der Waals surface area (Å²) < 4.78 is 5.59. The van der Waals surface area contributed by atoms with Crippen LogP contribution in [-0.2, 0) is 0 Å². The fourth-order valence-corrected chi connectivity index (χ4v) is 1.27. The standard InChI is InChI=1S/C13H15ClO/c1-3-9-15-13-7-6-11(2)10-12(13)5-4-8-14/h6-7,10H,3,8-9H2,1-2H3. The van der Waals surface area contributed by atoms with Gasteiger partial charge in [0.05, 0.1) is 18.1 Å². The van der Waals surface area contributed by atoms with Crippen LogP contribution in [0.15, 0.2) is 18.2 Å². The minimum Gasteiger partial charge on any atom is -0.492 e. The first kappa shape index (κ1) is 11.9. The van der Waals surface area contributed by atoms with Crippen molar-refractivity contribution in [1.29, 1.82) is 0 Å². The number of benzene rings is 1. The SMILES string of the molecule is CCCOc1ccc(C)cc1C#CCCl. The molecule has 1 aromatic rings. The molecule has 0 aliphatic rings. The van der Waals surface area contributed by atoms with E-state index < -0.39 is 0 Å². The molecule has 0 aromatic heterocycles. The molecule has 0 heterocycles. The monoisotopic (exact) mass is 222 g/mol. The molecule has 1 rings (SSSR count). The van der Waals surface area contributed by atoms with E-state index >= 15 is 0 Å². The van der Waals surface area contributed by atoms with Crippen LogP contribution in [0.1, 0.15) is 24.5 Å². The molecule has 1 aromatic carbocycles. The molecule has 0 aliphatic carbocycles. The van der Waals surface area contributed by atoms with E-state index in [1.165, 1.54) is 5.56 Å². The number of hydrogen-bond acceptors (Lipinski definition) is 1. The third-order valence-corrected chi connectivity index (χ3v) is 2.02. The molecule has 0 N–H and O–H groups in total. The van der Waals surface area contributed by atoms with Gasteiger partial charge in [-0.3, -0.25) is 0 Å². The zero-order chi connectivity index (χ0) is 11.1. The van der Waals surface area contributed by atoms with E-state index in [9.17, 15) is 0 Å². The summed E-state index contributed by atoms with van der Waals surface area (Å²) in [5.74, 6) is 7.05. The molecule has 0 amide bonds. The predicted octanol–water partition coefficient (Wildman–Crippen LogP) is 3.37. The summed E-state index contributed by atoms with van der Waals surface area (Å²) in [5.41, 5.74) is 2.10. The molecule has 0 radical (unpaired) electrons. The van der Waals surface area contributed by atoms with Crippen molar-refractivity contribution in [2.75, 3.05) is 12.5 Å². The molecule has 2 heteroatoms. The summed E-state index contributed by atoms with van der Waals surface area (Å²) in [6.07, 6.45) is 0.996. The Morgan fingerprint density at radius 3 is 2.87 bits per heavy atom. The van der Waals surface area contributed by atoms with E-state index in [2.05, 4.69) is 18.8 Å². The van der Waals surface area contributed by atoms with E-state index in [-0.39, 0.29) is 0 Å². The largest absolute Gasteiger partial charge is 0.492 e. The van der Waals surface area contributed by atoms with E-state index in [0.717, 1.165) is 24.3 Å². The summed E-state index contributed by atoms with van der Waals surface area (Å²) in [6.45, 7) is 4.84. The molecule has 15 heavy (non-hydrogen) atoms. The second-order valence-electron chi connectivity index (χ2n) is 3.28. The topological polar surface area (TPSA) is 9.23 Å². The summed E-state index contributed by atoms with van der Waals surface area (Å²) in [6, 6.07) is 6.00. The normalized spacial score (nSPS) is 9.27. The lowest BCUT2D eigenvalue weighted by molar-refractivity contribution is 0.316. The van der Waals surface area contributed by atoms with Crippen LogP contribution in [0.2, 0.25) is 0 Å². The maximum Gasteiger partial charge on any atom is 0.134 e. The highest BCUT2D eigenvalue weighted by molar-refractivity contribution is 6.19. The van der Waals surface area contributed by atoms with Crippen molar-refractivity contribution in [3.63, 3.8) is 0 Å². The molecule has 80 valence electrons. The average Bonchev–Trinajstić information content (AvgIpc) is 2.25. The van der Waals surface area contributed by atoms with E-state index in [0.29, 0.717) is 5.88 Å². The van der Waals surface area contributed by atoms with Crippen LogP contribution in [0.4, 0.5) is 0 Å². The summed E-state index contributed by atoms with van der Waals surface area (Å²) in [4.78, 5) is 0. The van der Waals surface area contributed by atoms with Crippen LogP contribution in [0.25, 0.3) is 0 Å². The van der Waals surface area contributed by atoms with Gasteiger partial charge < -0.3 is 4.74 Å². The number of ether oxygens (including phenoxy) is 1. The number of rotatable bonds is 3. The van der Waals surface area contributed by atoms with Crippen LogP contribution in [0.5, 0.6) is 5.75 Å². The van der Waals surface area contributed by atoms with Crippen LogP contribution in [-0.4, -0.2) is 12.5 Å². The number of alkyl halides is 1. The van der Waals surface area contributed by atoms with Crippen molar-refractivity contribution in [3.05, 3.63) is 29.3 Å². The van der Waals surface area contributed by atoms with Gasteiger partial charge in [0.25, 0.3) is 0 Å². The minimum atomic E-state index is 0.348. The van der Waals surface area contributed by atoms with E-state index in [4.69, 9.17) is 16.3 Å². The third-order valence-electron chi connectivity index (χ3n) is 1.89. The van der Waals surface area contributed by atoms with E-state index in [1.807, 2.05) is 25.1 Å². The molecule has 0 fully saturated rings. The lowest BCUT2D eigenvalue weighted by atomic mass is 10.1. The maximum atomic E-state index is 5.59. The van der Waals surface area contributed by atoms with Gasteiger partial charge in [-0.15, -0.1) is 11.6 Å². The first-order valence-electron chi connectivity index (χ1n) is 5.06. The molecule has 0 unspecified atom stereocenters. The second-order valence-corrected chi connectivity index (χ2v) is 3.55. The van der Waals surface area contributed by atoms with Crippen molar-refractivity contribution in [1.82, 2.24) is 0 Å². The van der Waals surface area contributed by atoms with Gasteiger partial charge in [-0.25, -0.2) is 0 Å². The molecule has 0 atom stereocenters. The van der Waals surface area contributed by atoms with Gasteiger partial charge in [0.1, 0.15) is 5.75 Å². The molecule has 1 nitrogen and oxygen atoms in total. The molecule has 0 saturated heterocycles. The molecule has 0 spiro atoms. The third kappa shape index (κ3) is 3.85. The van der Waals surface area contributed by atoms with Crippen LogP contribution in [0, 0.1) is 18.8 Å². The zero-order valence-corrected chi connectivity index (χ0v) is 9.90. The van der Waals surface area contributed by atoms with Gasteiger partial charge in [-0.05, 0) is 31.0 Å². The number of aryl methyl sites for hydroxylation is 1. The van der Waals surface area contributed by atoms with Crippen molar-refractivity contribution < 1.29 is 4.74 Å². The highest BCUT2D eigenvalue weighted by Crippen LogP contribution is 2.19. The number of halogens is 1. The van der Waals surface area contributed by atoms with Crippen LogP contribution in [0.3, 0.4) is 0 Å². The quantitative estimate of drug-likeness (QED) is 0.563. The van der Waals surface area contributed by atoms with E-state index in [1.54, 1.807) is 0 Å². The Kier molecular flexibility index (Phi) is 5.07. The van der Waals surface area contributed by atoms with Gasteiger partial charge >= 0.3 is 0 Å². The molecular weight excluding hydrogens is 208 g/mol. The van der Waals surface area contributed by atoms with Gasteiger partial charge in [-0.2, -0.15) is 0 Å². The van der Waals surface area contributed by atoms with Gasteiger partial charge in [0.2, 0.25) is 0 Å². The lowest BCUT2D eigenvalue weighted by Crippen LogP contribution is -1.97. The van der Waals surface area contributed by atoms with Crippen molar-refractivity contribution >= 4 is 11.6 Å². The Labute approximate surface area is 96.4 Å². The first-order chi connectivity index (χ1) is 7.27. The van der Waals surface area contributed by atoms with Gasteiger partial charge in [-0.1, -0.05) is 24.8 Å². The number of hydrogen-bond donors (Lipinski definition) is 0. The predicted molar refractivity (Wildman–Crippen MR) is 64.6 cm³/mol. The molecular formula is C13H15ClO. The lowest BCUT2D eigenvalue weighted by Gasteiger charge is -2.07. The molecule has 0 aliphatic heterocycles. The minimum absolute atomic E-state index is 0.348. The Balaban J connectivity index is 2.92. The molecule has 0 bridgehead atoms. The highest BCUT2D eigenvalue weighted by Gasteiger charge is 2.00. The Hall–Kier alpha value is -1.13. The summed E-state index contributed by atoms with van der Waals surface area (Å²) in [7, 11) is 0. The van der Waals surface area contributed by atoms with Gasteiger partial charge in [0, 0.05) is 0 Å². The van der Waals surface area contributed by atoms with Crippen molar-refractivity contribution in [2.24, 2.45) is 0 Å². The first-order valence-corrected chi connectivity index (χ1v) is 5.59. The Bertz CT molecular complexity index is 374. The van der Waals surface area contributed by atoms with Crippen LogP contribution < -0.4 is 4.74 Å². The zero-order valence-electron chi connectivity index (χ0n) is 9.14. The van der Waals surface area contributed by atoms with Gasteiger partial charge in [0.15, 0.2) is 0 Å². The van der Waals surface area contributed by atoms with Crippen molar-refractivity contribution in [3.8, 4) is 17.6 Å². The van der Waals surface area contributed by atoms with Crippen LogP contribution >= 0.6 is 11.6 Å². The fraction of sp³-hybridized carbons (Fsp3) is 0.385. The average molecular weight is 223 g/mol. The Morgan fingerprint density at radius 2 is 2.20 bits per heavy atom. The summed E-state index contributed by atoms with van der Waals surface area (Å²) >= 11 is 5.53.